The Hall–Kier alpha value is -1.33. The first kappa shape index (κ1) is 10.2. The van der Waals surface area contributed by atoms with Gasteiger partial charge in [0.15, 0.2) is 4.77 Å². The molecule has 1 aromatic heterocycles. The van der Waals surface area contributed by atoms with Crippen LogP contribution in [0, 0.1) is 4.77 Å². The maximum Gasteiger partial charge on any atom is 0.237 e. The van der Waals surface area contributed by atoms with Gasteiger partial charge in [-0.05, 0) is 30.4 Å². The molecule has 6 heteroatoms. The number of rotatable bonds is 2. The van der Waals surface area contributed by atoms with E-state index in [2.05, 4.69) is 4.98 Å². The third-order valence-electron chi connectivity index (χ3n) is 2.05. The largest absolute Gasteiger partial charge is 0.368 e. The van der Waals surface area contributed by atoms with E-state index in [0.29, 0.717) is 9.79 Å². The Balaban J connectivity index is 2.70. The minimum absolute atomic E-state index is 0.0547. The summed E-state index contributed by atoms with van der Waals surface area (Å²) >= 11 is 10.9. The molecule has 4 nitrogen and oxygen atoms in total. The van der Waals surface area contributed by atoms with Gasteiger partial charge in [0.1, 0.15) is 6.54 Å². The Morgan fingerprint density at radius 1 is 1.60 bits per heavy atom. The number of hydrogen-bond donors (Lipinski definition) is 2. The van der Waals surface area contributed by atoms with Crippen LogP contribution >= 0.6 is 23.8 Å². The molecule has 0 fully saturated rings. The lowest BCUT2D eigenvalue weighted by Crippen LogP contribution is -2.18. The summed E-state index contributed by atoms with van der Waals surface area (Å²) in [6.07, 6.45) is 0. The summed E-state index contributed by atoms with van der Waals surface area (Å²) in [5.74, 6) is -0.438. The van der Waals surface area contributed by atoms with Gasteiger partial charge >= 0.3 is 0 Å². The van der Waals surface area contributed by atoms with E-state index in [1.807, 2.05) is 6.07 Å². The van der Waals surface area contributed by atoms with Crippen LogP contribution in [0.2, 0.25) is 5.02 Å². The lowest BCUT2D eigenvalue weighted by Gasteiger charge is -2.00. The lowest BCUT2D eigenvalue weighted by molar-refractivity contribution is -0.118. The van der Waals surface area contributed by atoms with Crippen LogP contribution < -0.4 is 5.73 Å². The highest BCUT2D eigenvalue weighted by Gasteiger charge is 2.06. The van der Waals surface area contributed by atoms with Gasteiger partial charge in [0, 0.05) is 5.02 Å². The molecule has 0 aliphatic rings. The first-order valence-corrected chi connectivity index (χ1v) is 5.03. The normalized spacial score (nSPS) is 10.7. The second-order valence-electron chi connectivity index (χ2n) is 3.14. The number of aromatic amines is 1. The number of nitrogens with one attached hydrogen (secondary N) is 1. The van der Waals surface area contributed by atoms with Gasteiger partial charge in [-0.2, -0.15) is 0 Å². The summed E-state index contributed by atoms with van der Waals surface area (Å²) in [6, 6.07) is 5.31. The second-order valence-corrected chi connectivity index (χ2v) is 3.97. The quantitative estimate of drug-likeness (QED) is 0.788. The molecular formula is C9H8ClN3OS. The van der Waals surface area contributed by atoms with Gasteiger partial charge in [0.2, 0.25) is 5.91 Å². The molecule has 1 aromatic carbocycles. The van der Waals surface area contributed by atoms with Crippen molar-refractivity contribution in [3.05, 3.63) is 28.0 Å². The number of imidazole rings is 1. The third kappa shape index (κ3) is 1.88. The number of amides is 1. The van der Waals surface area contributed by atoms with E-state index in [9.17, 15) is 4.79 Å². The molecule has 2 aromatic rings. The number of carbonyl (C=O) groups is 1. The predicted molar refractivity (Wildman–Crippen MR) is 61.3 cm³/mol. The number of halogens is 1. The minimum Gasteiger partial charge on any atom is -0.368 e. The first-order chi connectivity index (χ1) is 7.08. The Morgan fingerprint density at radius 2 is 2.33 bits per heavy atom. The molecule has 0 bridgehead atoms. The third-order valence-corrected chi connectivity index (χ3v) is 2.61. The van der Waals surface area contributed by atoms with Crippen molar-refractivity contribution in [2.75, 3.05) is 0 Å². The summed E-state index contributed by atoms with van der Waals surface area (Å²) in [5, 5.41) is 0.592. The number of carbonyl (C=O) groups excluding carboxylic acids is 1. The molecule has 0 aliphatic heterocycles. The summed E-state index contributed by atoms with van der Waals surface area (Å²) in [7, 11) is 0. The van der Waals surface area contributed by atoms with E-state index in [1.54, 1.807) is 16.7 Å². The molecule has 0 radical (unpaired) electrons. The van der Waals surface area contributed by atoms with Gasteiger partial charge in [-0.3, -0.25) is 4.79 Å². The van der Waals surface area contributed by atoms with Crippen molar-refractivity contribution in [1.29, 1.82) is 0 Å². The van der Waals surface area contributed by atoms with Crippen molar-refractivity contribution in [3.63, 3.8) is 0 Å². The minimum atomic E-state index is -0.438. The molecule has 3 N–H and O–H groups in total. The van der Waals surface area contributed by atoms with Gasteiger partial charge in [-0.1, -0.05) is 11.6 Å². The van der Waals surface area contributed by atoms with Crippen LogP contribution in [-0.2, 0) is 11.3 Å². The van der Waals surface area contributed by atoms with Crippen LogP contribution in [0.3, 0.4) is 0 Å². The van der Waals surface area contributed by atoms with Gasteiger partial charge in [0.25, 0.3) is 0 Å². The summed E-state index contributed by atoms with van der Waals surface area (Å²) < 4.78 is 2.09. The number of hydrogen-bond acceptors (Lipinski definition) is 2. The number of fused-ring (bicyclic) bond motifs is 1. The Morgan fingerprint density at radius 3 is 3.00 bits per heavy atom. The van der Waals surface area contributed by atoms with Crippen molar-refractivity contribution in [2.24, 2.45) is 5.73 Å². The maximum absolute atomic E-state index is 10.9. The molecular weight excluding hydrogens is 234 g/mol. The molecule has 0 saturated carbocycles. The predicted octanol–water partition coefficient (Wildman–Crippen LogP) is 1.84. The molecule has 0 spiro atoms. The number of primary amides is 1. The molecule has 1 heterocycles. The Kier molecular flexibility index (Phi) is 2.50. The number of aromatic nitrogens is 2. The molecule has 15 heavy (non-hydrogen) atoms. The molecule has 0 saturated heterocycles. The van der Waals surface area contributed by atoms with Crippen LogP contribution in [0.5, 0.6) is 0 Å². The Bertz CT molecular complexity index is 587. The van der Waals surface area contributed by atoms with Gasteiger partial charge in [-0.25, -0.2) is 0 Å². The van der Waals surface area contributed by atoms with E-state index < -0.39 is 5.91 Å². The van der Waals surface area contributed by atoms with Crippen LogP contribution in [0.15, 0.2) is 18.2 Å². The number of nitrogens with zero attached hydrogens (tertiary/aromatic N) is 1. The van der Waals surface area contributed by atoms with Gasteiger partial charge in [-0.15, -0.1) is 0 Å². The molecule has 1 amide bonds. The summed E-state index contributed by atoms with van der Waals surface area (Å²) in [5.41, 5.74) is 6.75. The highest BCUT2D eigenvalue weighted by molar-refractivity contribution is 7.71. The highest BCUT2D eigenvalue weighted by atomic mass is 35.5. The topological polar surface area (TPSA) is 63.8 Å². The van der Waals surface area contributed by atoms with Crippen molar-refractivity contribution in [2.45, 2.75) is 6.54 Å². The maximum atomic E-state index is 10.9. The first-order valence-electron chi connectivity index (χ1n) is 4.24. The van der Waals surface area contributed by atoms with Crippen LogP contribution in [0.4, 0.5) is 0 Å². The lowest BCUT2D eigenvalue weighted by atomic mass is 10.3. The van der Waals surface area contributed by atoms with Gasteiger partial charge < -0.3 is 15.3 Å². The second kappa shape index (κ2) is 3.67. The average Bonchev–Trinajstić information content (AvgIpc) is 2.43. The fourth-order valence-corrected chi connectivity index (χ4v) is 1.88. The van der Waals surface area contributed by atoms with Crippen LogP contribution in [0.25, 0.3) is 11.0 Å². The van der Waals surface area contributed by atoms with E-state index in [1.165, 1.54) is 0 Å². The monoisotopic (exact) mass is 241 g/mol. The molecule has 0 aliphatic carbocycles. The smallest absolute Gasteiger partial charge is 0.237 e. The zero-order valence-electron chi connectivity index (χ0n) is 7.66. The number of H-pyrrole nitrogens is 1. The van der Waals surface area contributed by atoms with Gasteiger partial charge in [0.05, 0.1) is 11.0 Å². The summed E-state index contributed by atoms with van der Waals surface area (Å²) in [4.78, 5) is 13.8. The average molecular weight is 242 g/mol. The number of benzene rings is 1. The van der Waals surface area contributed by atoms with Crippen LogP contribution in [0.1, 0.15) is 0 Å². The molecule has 78 valence electrons. The van der Waals surface area contributed by atoms with Crippen molar-refractivity contribution < 1.29 is 4.79 Å². The van der Waals surface area contributed by atoms with E-state index in [-0.39, 0.29) is 6.54 Å². The van der Waals surface area contributed by atoms with Crippen molar-refractivity contribution >= 4 is 40.8 Å². The zero-order valence-corrected chi connectivity index (χ0v) is 9.23. The SMILES string of the molecule is NC(=O)Cn1c(=S)[nH]c2ccc(Cl)cc21. The van der Waals surface area contributed by atoms with E-state index >= 15 is 0 Å². The van der Waals surface area contributed by atoms with Crippen molar-refractivity contribution in [3.8, 4) is 0 Å². The molecule has 0 unspecified atom stereocenters. The molecule has 0 atom stereocenters. The zero-order chi connectivity index (χ0) is 11.0. The van der Waals surface area contributed by atoms with Crippen molar-refractivity contribution in [1.82, 2.24) is 9.55 Å². The van der Waals surface area contributed by atoms with Crippen LogP contribution in [-0.4, -0.2) is 15.5 Å². The van der Waals surface area contributed by atoms with E-state index in [4.69, 9.17) is 29.6 Å². The fraction of sp³-hybridized carbons (Fsp3) is 0.111. The highest BCUT2D eigenvalue weighted by Crippen LogP contribution is 2.18. The molecule has 2 rings (SSSR count). The standard InChI is InChI=1S/C9H8ClN3OS/c10-5-1-2-6-7(3-5)13(4-8(11)14)9(15)12-6/h1-3H,4H2,(H2,11,14)(H,12,15). The fourth-order valence-electron chi connectivity index (χ4n) is 1.44. The summed E-state index contributed by atoms with van der Waals surface area (Å²) in [6.45, 7) is 0.0547. The van der Waals surface area contributed by atoms with E-state index in [0.717, 1.165) is 11.0 Å². The number of nitrogens with two attached hydrogens (primary N) is 1. The Labute approximate surface area is 95.6 Å².